The van der Waals surface area contributed by atoms with Crippen LogP contribution in [-0.2, 0) is 6.61 Å². The lowest BCUT2D eigenvalue weighted by Crippen LogP contribution is -2.58. The molecule has 6 nitrogen and oxygen atoms in total. The van der Waals surface area contributed by atoms with E-state index in [1.54, 1.807) is 24.3 Å². The van der Waals surface area contributed by atoms with Crippen LogP contribution in [-0.4, -0.2) is 17.6 Å². The molecule has 1 fully saturated rings. The van der Waals surface area contributed by atoms with Gasteiger partial charge in [-0.1, -0.05) is 30.2 Å². The van der Waals surface area contributed by atoms with E-state index in [2.05, 4.69) is 9.98 Å². The van der Waals surface area contributed by atoms with Crippen molar-refractivity contribution in [2.75, 3.05) is 4.90 Å². The molecular formula is C21H23ClFN5O. The number of guanidine groups is 2. The summed E-state index contributed by atoms with van der Waals surface area (Å²) in [5, 5.41) is 0.431. The molecule has 0 bridgehead atoms. The fraction of sp³-hybridized carbons (Fsp3) is 0.333. The number of hydrogen-bond acceptors (Lipinski definition) is 6. The van der Waals surface area contributed by atoms with Crippen LogP contribution in [0.3, 0.4) is 0 Å². The van der Waals surface area contributed by atoms with Gasteiger partial charge in [0.2, 0.25) is 11.9 Å². The van der Waals surface area contributed by atoms with Gasteiger partial charge in [0.1, 0.15) is 23.8 Å². The van der Waals surface area contributed by atoms with E-state index in [-0.39, 0.29) is 18.4 Å². The minimum absolute atomic E-state index is 0.210. The van der Waals surface area contributed by atoms with Gasteiger partial charge in [-0.3, -0.25) is 4.90 Å². The van der Waals surface area contributed by atoms with E-state index >= 15 is 0 Å². The van der Waals surface area contributed by atoms with E-state index in [9.17, 15) is 4.39 Å². The van der Waals surface area contributed by atoms with Gasteiger partial charge >= 0.3 is 0 Å². The van der Waals surface area contributed by atoms with Gasteiger partial charge in [0, 0.05) is 5.69 Å². The predicted molar refractivity (Wildman–Crippen MR) is 114 cm³/mol. The highest BCUT2D eigenvalue weighted by atomic mass is 35.5. The molecule has 1 aliphatic carbocycles. The number of rotatable bonds is 4. The Labute approximate surface area is 174 Å². The Balaban J connectivity index is 1.58. The largest absolute Gasteiger partial charge is 0.487 e. The number of hydrogen-bond donors (Lipinski definition) is 2. The first kappa shape index (κ1) is 19.5. The molecule has 4 N–H and O–H groups in total. The first-order valence-corrected chi connectivity index (χ1v) is 10.0. The van der Waals surface area contributed by atoms with Crippen molar-refractivity contribution < 1.29 is 9.13 Å². The van der Waals surface area contributed by atoms with Crippen molar-refractivity contribution in [3.63, 3.8) is 0 Å². The molecule has 1 spiro atoms. The molecule has 0 saturated heterocycles. The van der Waals surface area contributed by atoms with Crippen LogP contribution in [0, 0.1) is 5.82 Å². The zero-order chi connectivity index (χ0) is 20.4. The number of benzene rings is 2. The molecule has 0 radical (unpaired) electrons. The van der Waals surface area contributed by atoms with Crippen LogP contribution in [0.25, 0.3) is 0 Å². The number of nitrogens with zero attached hydrogens (tertiary/aromatic N) is 3. The Hall–Kier alpha value is -2.80. The lowest BCUT2D eigenvalue weighted by Gasteiger charge is -2.45. The molecule has 1 aliphatic heterocycles. The minimum Gasteiger partial charge on any atom is -0.487 e. The summed E-state index contributed by atoms with van der Waals surface area (Å²) in [7, 11) is 0. The molecule has 1 heterocycles. The summed E-state index contributed by atoms with van der Waals surface area (Å²) in [6.45, 7) is 0.217. The van der Waals surface area contributed by atoms with E-state index in [4.69, 9.17) is 27.8 Å². The summed E-state index contributed by atoms with van der Waals surface area (Å²) in [6, 6.07) is 11.7. The van der Waals surface area contributed by atoms with Gasteiger partial charge < -0.3 is 16.2 Å². The Morgan fingerprint density at radius 2 is 1.90 bits per heavy atom. The van der Waals surface area contributed by atoms with Gasteiger partial charge in [0.05, 0.1) is 5.02 Å². The van der Waals surface area contributed by atoms with Gasteiger partial charge in [-0.15, -0.1) is 0 Å². The molecule has 0 aromatic heterocycles. The van der Waals surface area contributed by atoms with Gasteiger partial charge in [0.25, 0.3) is 0 Å². The highest BCUT2D eigenvalue weighted by molar-refractivity contribution is 6.32. The topological polar surface area (TPSA) is 89.2 Å². The standard InChI is InChI=1S/C21H23ClFN5O/c22-17-12-16(7-8-18(17)29-13-14-5-4-6-15(23)11-14)28-20(25)26-19(24)27-21(28)9-2-1-3-10-21/h4-8,11-12H,1-3,9-10,13H2,(H4,24,25,26,27). The fourth-order valence-electron chi connectivity index (χ4n) is 4.03. The summed E-state index contributed by atoms with van der Waals surface area (Å²) in [5.74, 6) is 0.726. The Morgan fingerprint density at radius 3 is 2.62 bits per heavy atom. The Morgan fingerprint density at radius 1 is 1.10 bits per heavy atom. The van der Waals surface area contributed by atoms with Crippen molar-refractivity contribution in [2.45, 2.75) is 44.4 Å². The molecule has 0 atom stereocenters. The lowest BCUT2D eigenvalue weighted by molar-refractivity contribution is 0.303. The minimum atomic E-state index is -0.526. The molecule has 152 valence electrons. The molecule has 0 unspecified atom stereocenters. The zero-order valence-corrected chi connectivity index (χ0v) is 16.7. The van der Waals surface area contributed by atoms with Crippen molar-refractivity contribution in [3.8, 4) is 5.75 Å². The molecule has 4 rings (SSSR count). The number of ether oxygens (including phenoxy) is 1. The molecule has 8 heteroatoms. The van der Waals surface area contributed by atoms with Crippen molar-refractivity contribution >= 4 is 29.2 Å². The molecule has 2 aromatic rings. The van der Waals surface area contributed by atoms with Crippen molar-refractivity contribution in [2.24, 2.45) is 21.5 Å². The van der Waals surface area contributed by atoms with Crippen molar-refractivity contribution in [1.29, 1.82) is 0 Å². The molecule has 1 saturated carbocycles. The van der Waals surface area contributed by atoms with Gasteiger partial charge in [0.15, 0.2) is 0 Å². The van der Waals surface area contributed by atoms with Crippen LogP contribution in [0.4, 0.5) is 10.1 Å². The number of aliphatic imine (C=N–C) groups is 2. The van der Waals surface area contributed by atoms with E-state index < -0.39 is 5.66 Å². The number of halogens is 2. The predicted octanol–water partition coefficient (Wildman–Crippen LogP) is 4.17. The molecule has 0 amide bonds. The Bertz CT molecular complexity index is 971. The van der Waals surface area contributed by atoms with Crippen LogP contribution in [0.15, 0.2) is 52.4 Å². The summed E-state index contributed by atoms with van der Waals surface area (Å²) >= 11 is 6.48. The smallest absolute Gasteiger partial charge is 0.220 e. The monoisotopic (exact) mass is 415 g/mol. The number of nitrogens with two attached hydrogens (primary N) is 2. The average molecular weight is 416 g/mol. The Kier molecular flexibility index (Phi) is 5.32. The molecule has 29 heavy (non-hydrogen) atoms. The molecule has 2 aliphatic rings. The fourth-order valence-corrected chi connectivity index (χ4v) is 4.26. The van der Waals surface area contributed by atoms with Crippen LogP contribution in [0.2, 0.25) is 5.02 Å². The molecule has 2 aromatic carbocycles. The van der Waals surface area contributed by atoms with Crippen LogP contribution < -0.4 is 21.1 Å². The van der Waals surface area contributed by atoms with Crippen molar-refractivity contribution in [1.82, 2.24) is 0 Å². The first-order valence-electron chi connectivity index (χ1n) is 9.63. The summed E-state index contributed by atoms with van der Waals surface area (Å²) in [6.07, 6.45) is 4.95. The second kappa shape index (κ2) is 7.91. The average Bonchev–Trinajstić information content (AvgIpc) is 2.67. The maximum Gasteiger partial charge on any atom is 0.220 e. The second-order valence-electron chi connectivity index (χ2n) is 7.35. The normalized spacial score (nSPS) is 18.3. The zero-order valence-electron chi connectivity index (χ0n) is 15.9. The van der Waals surface area contributed by atoms with Gasteiger partial charge in [-0.25, -0.2) is 9.38 Å². The molecular weight excluding hydrogens is 393 g/mol. The first-order chi connectivity index (χ1) is 14.0. The van der Waals surface area contributed by atoms with E-state index in [0.29, 0.717) is 16.7 Å². The number of anilines is 1. The van der Waals surface area contributed by atoms with E-state index in [1.807, 2.05) is 11.0 Å². The highest BCUT2D eigenvalue weighted by Crippen LogP contribution is 2.41. The summed E-state index contributed by atoms with van der Waals surface area (Å²) in [4.78, 5) is 10.7. The third-order valence-electron chi connectivity index (χ3n) is 5.31. The summed E-state index contributed by atoms with van der Waals surface area (Å²) in [5.41, 5.74) is 13.1. The van der Waals surface area contributed by atoms with Crippen LogP contribution >= 0.6 is 11.6 Å². The third-order valence-corrected chi connectivity index (χ3v) is 5.60. The maximum atomic E-state index is 13.3. The lowest BCUT2D eigenvalue weighted by atomic mass is 9.87. The van der Waals surface area contributed by atoms with Gasteiger partial charge in [-0.05, 0) is 61.6 Å². The SMILES string of the molecule is NC1=NC2(CCCCC2)N(c2ccc(OCc3cccc(F)c3)c(Cl)c2)C(N)=N1. The highest BCUT2D eigenvalue weighted by Gasteiger charge is 2.42. The second-order valence-corrected chi connectivity index (χ2v) is 7.76. The van der Waals surface area contributed by atoms with Crippen molar-refractivity contribution in [3.05, 3.63) is 58.9 Å². The van der Waals surface area contributed by atoms with Crippen LogP contribution in [0.1, 0.15) is 37.7 Å². The van der Waals surface area contributed by atoms with Crippen LogP contribution in [0.5, 0.6) is 5.75 Å². The summed E-state index contributed by atoms with van der Waals surface area (Å²) < 4.78 is 19.1. The van der Waals surface area contributed by atoms with Gasteiger partial charge in [-0.2, -0.15) is 4.99 Å². The quantitative estimate of drug-likeness (QED) is 0.784. The van der Waals surface area contributed by atoms with E-state index in [0.717, 1.165) is 43.4 Å². The maximum absolute atomic E-state index is 13.3. The van der Waals surface area contributed by atoms with E-state index in [1.165, 1.54) is 12.1 Å². The third kappa shape index (κ3) is 4.00.